The fourth-order valence-electron chi connectivity index (χ4n) is 5.21. The van der Waals surface area contributed by atoms with Crippen LogP contribution in [0.4, 0.5) is 10.5 Å². The molecule has 0 aromatic heterocycles. The summed E-state index contributed by atoms with van der Waals surface area (Å²) in [6.45, 7) is 17.3. The molecule has 232 valence electrons. The van der Waals surface area contributed by atoms with Gasteiger partial charge in [-0.05, 0) is 93.3 Å². The molecule has 0 saturated carbocycles. The minimum atomic E-state index is -0.927. The van der Waals surface area contributed by atoms with Gasteiger partial charge in [0.2, 0.25) is 5.91 Å². The van der Waals surface area contributed by atoms with Crippen molar-refractivity contribution < 1.29 is 19.1 Å². The van der Waals surface area contributed by atoms with E-state index in [1.165, 1.54) is 0 Å². The Hall–Kier alpha value is -3.87. The zero-order valence-electron chi connectivity index (χ0n) is 27.2. The molecule has 0 aliphatic heterocycles. The number of nitrogens with zero attached hydrogens (tertiary/aromatic N) is 1. The van der Waals surface area contributed by atoms with Crippen LogP contribution in [-0.2, 0) is 14.3 Å². The molecule has 0 spiro atoms. The summed E-state index contributed by atoms with van der Waals surface area (Å²) < 4.78 is 5.51. The molecule has 3 amide bonds. The Bertz CT molecular complexity index is 1410. The van der Waals surface area contributed by atoms with Crippen molar-refractivity contribution in [2.75, 3.05) is 5.32 Å². The second-order valence-electron chi connectivity index (χ2n) is 13.2. The van der Waals surface area contributed by atoms with Crippen molar-refractivity contribution in [3.8, 4) is 0 Å². The van der Waals surface area contributed by atoms with Crippen molar-refractivity contribution in [1.82, 2.24) is 10.2 Å². The predicted octanol–water partition coefficient (Wildman–Crippen LogP) is 8.03. The fourth-order valence-corrected chi connectivity index (χ4v) is 5.21. The van der Waals surface area contributed by atoms with Crippen LogP contribution < -0.4 is 10.6 Å². The molecule has 43 heavy (non-hydrogen) atoms. The lowest BCUT2D eigenvalue weighted by Crippen LogP contribution is -2.56. The lowest BCUT2D eigenvalue weighted by Gasteiger charge is -2.40. The molecule has 0 fully saturated rings. The fraction of sp³-hybridized carbons (Fsp3) is 0.472. The van der Waals surface area contributed by atoms with Crippen molar-refractivity contribution >= 4 is 34.4 Å². The Labute approximate surface area is 257 Å². The summed E-state index contributed by atoms with van der Waals surface area (Å²) >= 11 is 0. The van der Waals surface area contributed by atoms with E-state index in [4.69, 9.17) is 4.74 Å². The number of alkyl carbamates (subject to hydrolysis) is 1. The van der Waals surface area contributed by atoms with Gasteiger partial charge in [0.25, 0.3) is 5.91 Å². The van der Waals surface area contributed by atoms with Gasteiger partial charge in [0, 0.05) is 11.7 Å². The van der Waals surface area contributed by atoms with Crippen LogP contribution in [0.25, 0.3) is 10.8 Å². The van der Waals surface area contributed by atoms with E-state index in [0.717, 1.165) is 28.3 Å². The zero-order chi connectivity index (χ0) is 31.9. The first kappa shape index (κ1) is 33.6. The second-order valence-corrected chi connectivity index (χ2v) is 13.2. The summed E-state index contributed by atoms with van der Waals surface area (Å²) in [5.41, 5.74) is 1.57. The quantitative estimate of drug-likeness (QED) is 0.238. The highest BCUT2D eigenvalue weighted by atomic mass is 16.6. The normalized spacial score (nSPS) is 13.8. The Morgan fingerprint density at radius 2 is 1.47 bits per heavy atom. The first-order valence-corrected chi connectivity index (χ1v) is 15.3. The maximum atomic E-state index is 14.6. The minimum Gasteiger partial charge on any atom is -0.444 e. The molecule has 0 aliphatic rings. The predicted molar refractivity (Wildman–Crippen MR) is 175 cm³/mol. The van der Waals surface area contributed by atoms with E-state index in [9.17, 15) is 14.4 Å². The van der Waals surface area contributed by atoms with Gasteiger partial charge < -0.3 is 20.3 Å². The van der Waals surface area contributed by atoms with Gasteiger partial charge in [-0.15, -0.1) is 0 Å². The Morgan fingerprint density at radius 3 is 2.07 bits per heavy atom. The monoisotopic (exact) mass is 587 g/mol. The molecule has 3 unspecified atom stereocenters. The van der Waals surface area contributed by atoms with Crippen LogP contribution in [0, 0.1) is 18.8 Å². The molecule has 3 atom stereocenters. The number of amides is 3. The maximum absolute atomic E-state index is 14.6. The van der Waals surface area contributed by atoms with Gasteiger partial charge in [-0.2, -0.15) is 0 Å². The molecule has 7 heteroatoms. The number of carbonyl (C=O) groups is 3. The number of ether oxygens (including phenoxy) is 1. The number of carbonyl (C=O) groups excluding carboxylic acids is 3. The van der Waals surface area contributed by atoms with Crippen LogP contribution in [0.5, 0.6) is 0 Å². The number of aryl methyl sites for hydroxylation is 1. The summed E-state index contributed by atoms with van der Waals surface area (Å²) in [6.07, 6.45) is 0.915. The lowest BCUT2D eigenvalue weighted by atomic mass is 9.93. The molecule has 3 rings (SSSR count). The molecule has 2 N–H and O–H groups in total. The number of nitrogens with one attached hydrogen (secondary N) is 2. The molecule has 3 aromatic rings. The average Bonchev–Trinajstić information content (AvgIpc) is 2.92. The molecule has 7 nitrogen and oxygen atoms in total. The summed E-state index contributed by atoms with van der Waals surface area (Å²) in [5.74, 6) is -0.461. The first-order chi connectivity index (χ1) is 20.2. The molecule has 0 aliphatic carbocycles. The highest BCUT2D eigenvalue weighted by Gasteiger charge is 2.40. The lowest BCUT2D eigenvalue weighted by molar-refractivity contribution is -0.144. The van der Waals surface area contributed by atoms with Crippen molar-refractivity contribution in [3.63, 3.8) is 0 Å². The van der Waals surface area contributed by atoms with Crippen molar-refractivity contribution in [3.05, 3.63) is 77.9 Å². The zero-order valence-corrected chi connectivity index (χ0v) is 27.2. The first-order valence-electron chi connectivity index (χ1n) is 15.3. The van der Waals surface area contributed by atoms with E-state index in [1.807, 2.05) is 94.4 Å². The van der Waals surface area contributed by atoms with Crippen molar-refractivity contribution in [2.24, 2.45) is 11.8 Å². The summed E-state index contributed by atoms with van der Waals surface area (Å²) in [6, 6.07) is 19.3. The number of fused-ring (bicyclic) bond motifs is 1. The molecule has 0 saturated heterocycles. The molecule has 0 heterocycles. The standard InChI is InChI=1S/C36H49N3O4/c1-23(2)18-19-26(6)39(34(41)31(24(3)4)38-35(42)43-36(7,8)9)32(30-17-13-10-14-25(30)5)33(40)37-29-21-20-27-15-11-12-16-28(27)22-29/h10-17,20-24,26,31-32H,18-19H2,1-9H3,(H,37,40)(H,38,42). The van der Waals surface area contributed by atoms with Gasteiger partial charge in [0.15, 0.2) is 0 Å². The highest BCUT2D eigenvalue weighted by molar-refractivity contribution is 6.00. The van der Waals surface area contributed by atoms with Crippen LogP contribution in [-0.4, -0.2) is 40.5 Å². The van der Waals surface area contributed by atoms with Gasteiger partial charge in [-0.1, -0.05) is 82.3 Å². The maximum Gasteiger partial charge on any atom is 0.408 e. The van der Waals surface area contributed by atoms with Gasteiger partial charge in [-0.25, -0.2) is 4.79 Å². The number of hydrogen-bond donors (Lipinski definition) is 2. The third-order valence-electron chi connectivity index (χ3n) is 7.52. The van der Waals surface area contributed by atoms with E-state index < -0.39 is 23.8 Å². The SMILES string of the molecule is Cc1ccccc1C(C(=O)Nc1ccc2ccccc2c1)N(C(=O)C(NC(=O)OC(C)(C)C)C(C)C)C(C)CCC(C)C. The van der Waals surface area contributed by atoms with Crippen LogP contribution in [0.1, 0.15) is 85.4 Å². The molecule has 0 radical (unpaired) electrons. The topological polar surface area (TPSA) is 87.7 Å². The van der Waals surface area contributed by atoms with E-state index in [0.29, 0.717) is 18.0 Å². The van der Waals surface area contributed by atoms with E-state index >= 15 is 0 Å². The van der Waals surface area contributed by atoms with Gasteiger partial charge in [-0.3, -0.25) is 9.59 Å². The van der Waals surface area contributed by atoms with Crippen molar-refractivity contribution in [2.45, 2.75) is 98.9 Å². The largest absolute Gasteiger partial charge is 0.444 e. The minimum absolute atomic E-state index is 0.249. The highest BCUT2D eigenvalue weighted by Crippen LogP contribution is 2.31. The third-order valence-corrected chi connectivity index (χ3v) is 7.52. The summed E-state index contributed by atoms with van der Waals surface area (Å²) in [7, 11) is 0. The van der Waals surface area contributed by atoms with Gasteiger partial charge in [0.1, 0.15) is 17.7 Å². The smallest absolute Gasteiger partial charge is 0.408 e. The average molecular weight is 588 g/mol. The Morgan fingerprint density at radius 1 is 0.837 bits per heavy atom. The van der Waals surface area contributed by atoms with Crippen LogP contribution in [0.15, 0.2) is 66.7 Å². The van der Waals surface area contributed by atoms with Crippen LogP contribution >= 0.6 is 0 Å². The van der Waals surface area contributed by atoms with Crippen LogP contribution in [0.3, 0.4) is 0 Å². The van der Waals surface area contributed by atoms with E-state index in [2.05, 4.69) is 24.5 Å². The van der Waals surface area contributed by atoms with E-state index in [1.54, 1.807) is 25.7 Å². The van der Waals surface area contributed by atoms with Gasteiger partial charge >= 0.3 is 6.09 Å². The summed E-state index contributed by atoms with van der Waals surface area (Å²) in [5, 5.41) is 8.01. The Balaban J connectivity index is 2.10. The van der Waals surface area contributed by atoms with Gasteiger partial charge in [0.05, 0.1) is 0 Å². The molecule has 3 aromatic carbocycles. The molecular formula is C36H49N3O4. The molecular weight excluding hydrogens is 538 g/mol. The number of benzene rings is 3. The molecule has 0 bridgehead atoms. The number of rotatable bonds is 11. The van der Waals surface area contributed by atoms with E-state index in [-0.39, 0.29) is 23.8 Å². The second kappa shape index (κ2) is 14.5. The number of anilines is 1. The van der Waals surface area contributed by atoms with Crippen LogP contribution in [0.2, 0.25) is 0 Å². The number of hydrogen-bond acceptors (Lipinski definition) is 4. The van der Waals surface area contributed by atoms with Crippen molar-refractivity contribution in [1.29, 1.82) is 0 Å². The third kappa shape index (κ3) is 9.31. The summed E-state index contributed by atoms with van der Waals surface area (Å²) in [4.78, 5) is 43.5. The Kier molecular flexibility index (Phi) is 11.4.